The maximum Gasteiger partial charge on any atom is 0.0701 e. The summed E-state index contributed by atoms with van der Waals surface area (Å²) in [5.74, 6) is 0. The molecule has 92 valence electrons. The fraction of sp³-hybridized carbons (Fsp3) is 0.667. The van der Waals surface area contributed by atoms with Crippen LogP contribution in [-0.4, -0.2) is 25.8 Å². The van der Waals surface area contributed by atoms with E-state index in [-0.39, 0.29) is 6.10 Å². The van der Waals surface area contributed by atoms with Crippen LogP contribution in [0.4, 0.5) is 0 Å². The van der Waals surface area contributed by atoms with Crippen LogP contribution < -0.4 is 5.32 Å². The molecule has 1 aromatic rings. The summed E-state index contributed by atoms with van der Waals surface area (Å²) in [6.07, 6.45) is 2.43. The Balaban J connectivity index is 2.55. The van der Waals surface area contributed by atoms with E-state index in [4.69, 9.17) is 4.74 Å². The molecule has 1 rings (SSSR count). The quantitative estimate of drug-likeness (QED) is 0.833. The van der Waals surface area contributed by atoms with Crippen LogP contribution in [0.15, 0.2) is 15.9 Å². The topological polar surface area (TPSA) is 21.3 Å². The second-order valence-corrected chi connectivity index (χ2v) is 6.46. The molecule has 0 radical (unpaired) electrons. The number of thiophene rings is 1. The number of ether oxygens (including phenoxy) is 1. The zero-order chi connectivity index (χ0) is 12.0. The molecule has 0 saturated heterocycles. The summed E-state index contributed by atoms with van der Waals surface area (Å²) in [4.78, 5) is 1.39. The van der Waals surface area contributed by atoms with Gasteiger partial charge in [0.05, 0.1) is 9.89 Å². The molecule has 0 saturated carbocycles. The first-order chi connectivity index (χ1) is 7.67. The molecular weight excluding hydrogens is 286 g/mol. The molecule has 0 aliphatic rings. The highest BCUT2D eigenvalue weighted by Gasteiger charge is 2.17. The largest absolute Gasteiger partial charge is 0.380 e. The summed E-state index contributed by atoms with van der Waals surface area (Å²) in [7, 11) is 1.77. The predicted octanol–water partition coefficient (Wildman–Crippen LogP) is 3.46. The maximum atomic E-state index is 5.42. The van der Waals surface area contributed by atoms with Crippen molar-refractivity contribution < 1.29 is 4.74 Å². The number of hydrogen-bond donors (Lipinski definition) is 1. The van der Waals surface area contributed by atoms with Crippen LogP contribution in [0, 0.1) is 0 Å². The van der Waals surface area contributed by atoms with Gasteiger partial charge in [0.25, 0.3) is 0 Å². The zero-order valence-corrected chi connectivity index (χ0v) is 12.5. The SMILES string of the molecule is CCCNC(Cc1ccc(Br)s1)C(C)OC. The van der Waals surface area contributed by atoms with Gasteiger partial charge >= 0.3 is 0 Å². The van der Waals surface area contributed by atoms with Gasteiger partial charge in [0.15, 0.2) is 0 Å². The molecule has 0 amide bonds. The lowest BCUT2D eigenvalue weighted by Crippen LogP contribution is -2.41. The molecule has 0 fully saturated rings. The minimum atomic E-state index is 0.243. The monoisotopic (exact) mass is 305 g/mol. The number of hydrogen-bond acceptors (Lipinski definition) is 3. The Hall–Kier alpha value is 0.1000. The summed E-state index contributed by atoms with van der Waals surface area (Å²) in [5, 5.41) is 3.54. The van der Waals surface area contributed by atoms with Crippen LogP contribution in [0.2, 0.25) is 0 Å². The molecule has 0 bridgehead atoms. The third-order valence-corrected chi connectivity index (χ3v) is 4.29. The van der Waals surface area contributed by atoms with Crippen LogP contribution in [0.1, 0.15) is 25.1 Å². The van der Waals surface area contributed by atoms with Crippen LogP contribution >= 0.6 is 27.3 Å². The summed E-state index contributed by atoms with van der Waals surface area (Å²) in [6.45, 7) is 5.35. The van der Waals surface area contributed by atoms with Gasteiger partial charge in [0.2, 0.25) is 0 Å². The molecule has 0 aromatic carbocycles. The standard InChI is InChI=1S/C12H20BrNOS/c1-4-7-14-11(9(2)15-3)8-10-5-6-12(13)16-10/h5-6,9,11,14H,4,7-8H2,1-3H3. The molecule has 16 heavy (non-hydrogen) atoms. The summed E-state index contributed by atoms with van der Waals surface area (Å²) >= 11 is 5.29. The lowest BCUT2D eigenvalue weighted by molar-refractivity contribution is 0.0833. The third kappa shape index (κ3) is 4.53. The van der Waals surface area contributed by atoms with E-state index in [0.29, 0.717) is 6.04 Å². The second-order valence-electron chi connectivity index (χ2n) is 3.91. The van der Waals surface area contributed by atoms with Crippen LogP contribution in [0.25, 0.3) is 0 Å². The highest BCUT2D eigenvalue weighted by Crippen LogP contribution is 2.23. The van der Waals surface area contributed by atoms with Crippen molar-refractivity contribution in [2.45, 2.75) is 38.8 Å². The Bertz CT molecular complexity index is 303. The Morgan fingerprint density at radius 2 is 2.25 bits per heavy atom. The van der Waals surface area contributed by atoms with Crippen LogP contribution in [0.3, 0.4) is 0 Å². The van der Waals surface area contributed by atoms with Crippen molar-refractivity contribution in [3.05, 3.63) is 20.8 Å². The molecule has 4 heteroatoms. The van der Waals surface area contributed by atoms with Gasteiger partial charge in [0.1, 0.15) is 0 Å². The Morgan fingerprint density at radius 3 is 2.75 bits per heavy atom. The normalized spacial score (nSPS) is 15.0. The fourth-order valence-electron chi connectivity index (χ4n) is 1.58. The van der Waals surface area contributed by atoms with Crippen molar-refractivity contribution in [1.29, 1.82) is 0 Å². The first-order valence-electron chi connectivity index (χ1n) is 5.67. The minimum Gasteiger partial charge on any atom is -0.380 e. The van der Waals surface area contributed by atoms with Gasteiger partial charge in [-0.05, 0) is 54.4 Å². The summed E-state index contributed by atoms with van der Waals surface area (Å²) < 4.78 is 6.61. The molecule has 1 heterocycles. The van der Waals surface area contributed by atoms with E-state index in [2.05, 4.69) is 47.2 Å². The van der Waals surface area contributed by atoms with Gasteiger partial charge in [-0.25, -0.2) is 0 Å². The lowest BCUT2D eigenvalue weighted by atomic mass is 10.1. The van der Waals surface area contributed by atoms with Crippen molar-refractivity contribution in [3.8, 4) is 0 Å². The highest BCUT2D eigenvalue weighted by atomic mass is 79.9. The lowest BCUT2D eigenvalue weighted by Gasteiger charge is -2.23. The first-order valence-corrected chi connectivity index (χ1v) is 7.28. The minimum absolute atomic E-state index is 0.243. The van der Waals surface area contributed by atoms with E-state index in [0.717, 1.165) is 19.4 Å². The number of rotatable bonds is 7. The predicted molar refractivity (Wildman–Crippen MR) is 74.3 cm³/mol. The van der Waals surface area contributed by atoms with Gasteiger partial charge in [-0.15, -0.1) is 11.3 Å². The molecular formula is C12H20BrNOS. The zero-order valence-electron chi connectivity index (χ0n) is 10.1. The van der Waals surface area contributed by atoms with E-state index in [1.807, 2.05) is 0 Å². The number of nitrogens with one attached hydrogen (secondary N) is 1. The van der Waals surface area contributed by atoms with Crippen LogP contribution in [-0.2, 0) is 11.2 Å². The van der Waals surface area contributed by atoms with E-state index < -0.39 is 0 Å². The van der Waals surface area contributed by atoms with E-state index in [1.54, 1.807) is 18.4 Å². The van der Waals surface area contributed by atoms with Gasteiger partial charge in [0, 0.05) is 18.0 Å². The average Bonchev–Trinajstić information content (AvgIpc) is 2.69. The number of halogens is 1. The van der Waals surface area contributed by atoms with Crippen LogP contribution in [0.5, 0.6) is 0 Å². The smallest absolute Gasteiger partial charge is 0.0701 e. The van der Waals surface area contributed by atoms with E-state index in [9.17, 15) is 0 Å². The molecule has 0 spiro atoms. The van der Waals surface area contributed by atoms with Crippen molar-refractivity contribution in [2.75, 3.05) is 13.7 Å². The fourth-order valence-corrected chi connectivity index (χ4v) is 3.12. The van der Waals surface area contributed by atoms with Crippen molar-refractivity contribution in [2.24, 2.45) is 0 Å². The van der Waals surface area contributed by atoms with Gasteiger partial charge < -0.3 is 10.1 Å². The molecule has 2 atom stereocenters. The van der Waals surface area contributed by atoms with Crippen molar-refractivity contribution >= 4 is 27.3 Å². The maximum absolute atomic E-state index is 5.42. The van der Waals surface area contributed by atoms with Gasteiger partial charge in [-0.1, -0.05) is 6.92 Å². The highest BCUT2D eigenvalue weighted by molar-refractivity contribution is 9.11. The third-order valence-electron chi connectivity index (χ3n) is 2.64. The second kappa shape index (κ2) is 7.43. The molecule has 0 aliphatic carbocycles. The van der Waals surface area contributed by atoms with Gasteiger partial charge in [-0.2, -0.15) is 0 Å². The number of methoxy groups -OCH3 is 1. The Labute approximate surface area is 111 Å². The van der Waals surface area contributed by atoms with Crippen molar-refractivity contribution in [3.63, 3.8) is 0 Å². The van der Waals surface area contributed by atoms with Gasteiger partial charge in [-0.3, -0.25) is 0 Å². The summed E-state index contributed by atoms with van der Waals surface area (Å²) in [5.41, 5.74) is 0. The molecule has 1 N–H and O–H groups in total. The van der Waals surface area contributed by atoms with E-state index >= 15 is 0 Å². The Kier molecular flexibility index (Phi) is 6.58. The Morgan fingerprint density at radius 1 is 1.50 bits per heavy atom. The van der Waals surface area contributed by atoms with Crippen molar-refractivity contribution in [1.82, 2.24) is 5.32 Å². The molecule has 0 aliphatic heterocycles. The van der Waals surface area contributed by atoms with E-state index in [1.165, 1.54) is 8.66 Å². The average molecular weight is 306 g/mol. The molecule has 2 nitrogen and oxygen atoms in total. The summed E-state index contributed by atoms with van der Waals surface area (Å²) in [6, 6.07) is 4.68. The molecule has 1 aromatic heterocycles. The first kappa shape index (κ1) is 14.2. The molecule has 2 unspecified atom stereocenters.